The van der Waals surface area contributed by atoms with Crippen LogP contribution in [0.25, 0.3) is 0 Å². The molecule has 1 aliphatic carbocycles. The van der Waals surface area contributed by atoms with Crippen LogP contribution < -0.4 is 5.73 Å². The van der Waals surface area contributed by atoms with Crippen LogP contribution >= 0.6 is 12.2 Å². The highest BCUT2D eigenvalue weighted by Gasteiger charge is 2.18. The lowest BCUT2D eigenvalue weighted by Gasteiger charge is -1.95. The summed E-state index contributed by atoms with van der Waals surface area (Å²) in [4.78, 5) is 0.524. The number of aromatic amines is 1. The van der Waals surface area contributed by atoms with Crippen molar-refractivity contribution < 1.29 is 0 Å². The molecular formula is C8H11N3S. The van der Waals surface area contributed by atoms with Crippen LogP contribution in [-0.2, 0) is 19.3 Å². The van der Waals surface area contributed by atoms with E-state index in [1.54, 1.807) is 0 Å². The fourth-order valence-corrected chi connectivity index (χ4v) is 1.84. The van der Waals surface area contributed by atoms with Crippen molar-refractivity contribution in [3.63, 3.8) is 0 Å². The van der Waals surface area contributed by atoms with Crippen LogP contribution in [0.2, 0.25) is 0 Å². The molecule has 0 spiro atoms. The molecule has 1 aliphatic rings. The van der Waals surface area contributed by atoms with Gasteiger partial charge in [-0.05, 0) is 24.8 Å². The van der Waals surface area contributed by atoms with Gasteiger partial charge in [0.05, 0.1) is 10.7 Å². The Labute approximate surface area is 76.3 Å². The molecule has 64 valence electrons. The number of nitrogens with two attached hydrogens (primary N) is 1. The highest BCUT2D eigenvalue weighted by molar-refractivity contribution is 7.80. The van der Waals surface area contributed by atoms with E-state index in [9.17, 15) is 0 Å². The van der Waals surface area contributed by atoms with Gasteiger partial charge in [-0.25, -0.2) is 0 Å². The van der Waals surface area contributed by atoms with Gasteiger partial charge in [0.25, 0.3) is 0 Å². The molecule has 1 aromatic heterocycles. The quantitative estimate of drug-likeness (QED) is 0.661. The Morgan fingerprint density at radius 1 is 1.58 bits per heavy atom. The van der Waals surface area contributed by atoms with Gasteiger partial charge < -0.3 is 5.73 Å². The molecule has 12 heavy (non-hydrogen) atoms. The average Bonchev–Trinajstić information content (AvgIpc) is 2.52. The monoisotopic (exact) mass is 181 g/mol. The third-order valence-corrected chi connectivity index (χ3v) is 2.38. The molecule has 1 heterocycles. The highest BCUT2D eigenvalue weighted by Crippen LogP contribution is 2.22. The number of H-pyrrole nitrogens is 1. The molecule has 0 saturated carbocycles. The molecule has 0 amide bonds. The van der Waals surface area contributed by atoms with E-state index >= 15 is 0 Å². The number of hydrogen-bond donors (Lipinski definition) is 2. The van der Waals surface area contributed by atoms with Gasteiger partial charge in [0.15, 0.2) is 0 Å². The minimum Gasteiger partial charge on any atom is -0.393 e. The molecule has 0 bridgehead atoms. The fraction of sp³-hybridized carbons (Fsp3) is 0.500. The topological polar surface area (TPSA) is 54.7 Å². The number of thiocarbonyl (C=S) groups is 1. The lowest BCUT2D eigenvalue weighted by molar-refractivity contribution is 0.849. The molecule has 0 atom stereocenters. The molecule has 0 fully saturated rings. The fourth-order valence-electron chi connectivity index (χ4n) is 1.70. The first kappa shape index (κ1) is 7.73. The molecule has 4 heteroatoms. The van der Waals surface area contributed by atoms with E-state index in [-0.39, 0.29) is 0 Å². The Balaban J connectivity index is 2.27. The van der Waals surface area contributed by atoms with Gasteiger partial charge in [0, 0.05) is 12.1 Å². The summed E-state index contributed by atoms with van der Waals surface area (Å²) < 4.78 is 0. The van der Waals surface area contributed by atoms with E-state index in [0.717, 1.165) is 18.5 Å². The van der Waals surface area contributed by atoms with Crippen molar-refractivity contribution in [3.8, 4) is 0 Å². The second-order valence-electron chi connectivity index (χ2n) is 3.12. The van der Waals surface area contributed by atoms with Gasteiger partial charge in [0.2, 0.25) is 0 Å². The van der Waals surface area contributed by atoms with Gasteiger partial charge in [-0.1, -0.05) is 12.2 Å². The van der Waals surface area contributed by atoms with E-state index in [4.69, 9.17) is 18.0 Å². The van der Waals surface area contributed by atoms with Gasteiger partial charge in [-0.15, -0.1) is 0 Å². The van der Waals surface area contributed by atoms with Crippen LogP contribution in [0.15, 0.2) is 0 Å². The normalized spacial score (nSPS) is 14.7. The minimum atomic E-state index is 0.524. The SMILES string of the molecule is NC(=S)Cc1n[nH]c2c1CCC2. The van der Waals surface area contributed by atoms with E-state index in [0.29, 0.717) is 11.4 Å². The van der Waals surface area contributed by atoms with Crippen molar-refractivity contribution in [2.75, 3.05) is 0 Å². The Kier molecular flexibility index (Phi) is 1.84. The van der Waals surface area contributed by atoms with Crippen molar-refractivity contribution in [1.29, 1.82) is 0 Å². The molecule has 2 rings (SSSR count). The molecular weight excluding hydrogens is 170 g/mol. The van der Waals surface area contributed by atoms with Gasteiger partial charge in [-0.2, -0.15) is 5.10 Å². The summed E-state index contributed by atoms with van der Waals surface area (Å²) in [6.07, 6.45) is 4.12. The molecule has 0 aromatic carbocycles. The Bertz CT molecular complexity index is 316. The molecule has 3 nitrogen and oxygen atoms in total. The van der Waals surface area contributed by atoms with Gasteiger partial charge in [0.1, 0.15) is 0 Å². The maximum atomic E-state index is 5.46. The zero-order valence-electron chi connectivity index (χ0n) is 6.76. The van der Waals surface area contributed by atoms with E-state index < -0.39 is 0 Å². The minimum absolute atomic E-state index is 0.524. The smallest absolute Gasteiger partial charge is 0.0788 e. The van der Waals surface area contributed by atoms with E-state index in [1.165, 1.54) is 17.7 Å². The number of nitrogens with zero attached hydrogens (tertiary/aromatic N) is 1. The van der Waals surface area contributed by atoms with E-state index in [1.807, 2.05) is 0 Å². The number of aromatic nitrogens is 2. The predicted molar refractivity (Wildman–Crippen MR) is 51.1 cm³/mol. The second-order valence-corrected chi connectivity index (χ2v) is 3.65. The number of nitrogens with one attached hydrogen (secondary N) is 1. The van der Waals surface area contributed by atoms with Gasteiger partial charge >= 0.3 is 0 Å². The lowest BCUT2D eigenvalue weighted by atomic mass is 10.1. The number of aryl methyl sites for hydroxylation is 1. The van der Waals surface area contributed by atoms with Gasteiger partial charge in [-0.3, -0.25) is 5.10 Å². The Morgan fingerprint density at radius 2 is 2.42 bits per heavy atom. The highest BCUT2D eigenvalue weighted by atomic mass is 32.1. The summed E-state index contributed by atoms with van der Waals surface area (Å²) in [6, 6.07) is 0. The molecule has 0 aliphatic heterocycles. The molecule has 0 saturated heterocycles. The third-order valence-electron chi connectivity index (χ3n) is 2.23. The molecule has 0 unspecified atom stereocenters. The molecule has 3 N–H and O–H groups in total. The third kappa shape index (κ3) is 1.22. The Morgan fingerprint density at radius 3 is 3.17 bits per heavy atom. The van der Waals surface area contributed by atoms with Crippen molar-refractivity contribution in [3.05, 3.63) is 17.0 Å². The van der Waals surface area contributed by atoms with E-state index in [2.05, 4.69) is 10.2 Å². The first-order chi connectivity index (χ1) is 5.77. The lowest BCUT2D eigenvalue weighted by Crippen LogP contribution is -2.12. The number of rotatable bonds is 2. The maximum Gasteiger partial charge on any atom is 0.0788 e. The second kappa shape index (κ2) is 2.86. The zero-order chi connectivity index (χ0) is 8.55. The summed E-state index contributed by atoms with van der Waals surface area (Å²) in [6.45, 7) is 0. The molecule has 0 radical (unpaired) electrons. The maximum absolute atomic E-state index is 5.46. The largest absolute Gasteiger partial charge is 0.393 e. The van der Waals surface area contributed by atoms with Crippen LogP contribution in [0, 0.1) is 0 Å². The van der Waals surface area contributed by atoms with Crippen molar-refractivity contribution in [2.24, 2.45) is 5.73 Å². The van der Waals surface area contributed by atoms with Crippen molar-refractivity contribution in [2.45, 2.75) is 25.7 Å². The summed E-state index contributed by atoms with van der Waals surface area (Å²) in [7, 11) is 0. The van der Waals surface area contributed by atoms with Crippen molar-refractivity contribution >= 4 is 17.2 Å². The number of fused-ring (bicyclic) bond motifs is 1. The molecule has 1 aromatic rings. The summed E-state index contributed by atoms with van der Waals surface area (Å²) in [5.74, 6) is 0. The first-order valence-electron chi connectivity index (χ1n) is 4.10. The first-order valence-corrected chi connectivity index (χ1v) is 4.51. The number of hydrogen-bond acceptors (Lipinski definition) is 2. The van der Waals surface area contributed by atoms with Crippen LogP contribution in [0.3, 0.4) is 0 Å². The Hall–Kier alpha value is -0.900. The van der Waals surface area contributed by atoms with Crippen molar-refractivity contribution in [1.82, 2.24) is 10.2 Å². The zero-order valence-corrected chi connectivity index (χ0v) is 7.58. The van der Waals surface area contributed by atoms with Crippen LogP contribution in [0.5, 0.6) is 0 Å². The summed E-state index contributed by atoms with van der Waals surface area (Å²) in [5, 5.41) is 7.21. The van der Waals surface area contributed by atoms with Crippen LogP contribution in [-0.4, -0.2) is 15.2 Å². The van der Waals surface area contributed by atoms with Crippen LogP contribution in [0.4, 0.5) is 0 Å². The predicted octanol–water partition coefficient (Wildman–Crippen LogP) is 0.727. The summed E-state index contributed by atoms with van der Waals surface area (Å²) in [5.41, 5.74) is 9.13. The summed E-state index contributed by atoms with van der Waals surface area (Å²) >= 11 is 4.84. The average molecular weight is 181 g/mol. The van der Waals surface area contributed by atoms with Crippen LogP contribution in [0.1, 0.15) is 23.4 Å². The standard InChI is InChI=1S/C8H11N3S/c9-8(12)4-7-5-2-1-3-6(5)10-11-7/h1-4H2,(H2,9,12)(H,10,11).